The summed E-state index contributed by atoms with van der Waals surface area (Å²) in [5.74, 6) is 1.40. The number of nitrogens with zero attached hydrogens (tertiary/aromatic N) is 1. The lowest BCUT2D eigenvalue weighted by molar-refractivity contribution is -0.428. The summed E-state index contributed by atoms with van der Waals surface area (Å²) in [7, 11) is 0. The van der Waals surface area contributed by atoms with Crippen LogP contribution in [0.2, 0.25) is 0 Å². The van der Waals surface area contributed by atoms with Crippen LogP contribution in [0.4, 0.5) is 0 Å². The van der Waals surface area contributed by atoms with Crippen LogP contribution in [0.15, 0.2) is 11.8 Å². The average molecular weight is 432 g/mol. The fourth-order valence-corrected chi connectivity index (χ4v) is 4.56. The first-order chi connectivity index (χ1) is 14.7. The van der Waals surface area contributed by atoms with Crippen LogP contribution in [0.5, 0.6) is 11.5 Å². The normalized spacial score (nSPS) is 18.5. The van der Waals surface area contributed by atoms with E-state index < -0.39 is 0 Å². The summed E-state index contributed by atoms with van der Waals surface area (Å²) >= 11 is 0. The van der Waals surface area contributed by atoms with E-state index in [2.05, 4.69) is 6.92 Å². The quantitative estimate of drug-likeness (QED) is 0.211. The van der Waals surface area contributed by atoms with E-state index in [1.165, 1.54) is 18.4 Å². The highest BCUT2D eigenvalue weighted by atomic mass is 16.6. The number of phenolic OH excluding ortho intramolecular Hbond substituents is 1. The molecule has 5 heteroatoms. The summed E-state index contributed by atoms with van der Waals surface area (Å²) < 4.78 is 6.51. The zero-order valence-corrected chi connectivity index (χ0v) is 20.2. The minimum Gasteiger partial charge on any atom is -0.507 e. The molecule has 1 heterocycles. The molecule has 1 atom stereocenters. The number of benzene rings is 1. The lowest BCUT2D eigenvalue weighted by Crippen LogP contribution is -2.37. The molecule has 174 valence electrons. The molecule has 2 rings (SSSR count). The van der Waals surface area contributed by atoms with E-state index >= 15 is 0 Å². The van der Waals surface area contributed by atoms with Crippen molar-refractivity contribution >= 4 is 0 Å². The minimum absolute atomic E-state index is 0.141. The highest BCUT2D eigenvalue weighted by Gasteiger charge is 2.34. The third-order valence-electron chi connectivity index (χ3n) is 6.88. The van der Waals surface area contributed by atoms with Gasteiger partial charge in [-0.2, -0.15) is 0 Å². The Morgan fingerprint density at radius 3 is 2.39 bits per heavy atom. The highest BCUT2D eigenvalue weighted by molar-refractivity contribution is 5.58. The number of aromatic hydroxyl groups is 1. The van der Waals surface area contributed by atoms with Gasteiger partial charge in [0.25, 0.3) is 0 Å². The fourth-order valence-electron chi connectivity index (χ4n) is 4.56. The second kappa shape index (κ2) is 11.5. The molecule has 0 fully saturated rings. The average Bonchev–Trinajstić information content (AvgIpc) is 2.74. The van der Waals surface area contributed by atoms with E-state index in [1.807, 2.05) is 27.7 Å². The molecule has 1 aromatic carbocycles. The Hall–Kier alpha value is -2.04. The lowest BCUT2D eigenvalue weighted by atomic mass is 9.84. The number of hydrogen-bond donors (Lipinski definition) is 1. The summed E-state index contributed by atoms with van der Waals surface area (Å²) in [6.45, 7) is 10.2. The van der Waals surface area contributed by atoms with Crippen LogP contribution in [-0.2, 0) is 6.42 Å². The molecule has 0 amide bonds. The van der Waals surface area contributed by atoms with Gasteiger partial charge in [0.1, 0.15) is 17.1 Å². The number of unbranched alkanes of at least 4 members (excludes halogenated alkanes) is 6. The van der Waals surface area contributed by atoms with Crippen molar-refractivity contribution in [2.24, 2.45) is 0 Å². The van der Waals surface area contributed by atoms with Gasteiger partial charge < -0.3 is 9.84 Å². The molecule has 0 saturated carbocycles. The zero-order chi connectivity index (χ0) is 23.0. The van der Waals surface area contributed by atoms with Crippen molar-refractivity contribution in [1.29, 1.82) is 0 Å². The molecular formula is C26H41NO4. The van der Waals surface area contributed by atoms with Crippen molar-refractivity contribution in [3.63, 3.8) is 0 Å². The largest absolute Gasteiger partial charge is 0.507 e. The van der Waals surface area contributed by atoms with Crippen LogP contribution in [0.3, 0.4) is 0 Å². The SMILES string of the molecule is CCC/C=C(/CCCCCCCCC1(C)CCc2c(C)c(O)c(C)c(C)c2O1)[N+](=O)[O-]. The molecule has 0 radical (unpaired) electrons. The monoisotopic (exact) mass is 431 g/mol. The van der Waals surface area contributed by atoms with Crippen LogP contribution in [0.1, 0.15) is 107 Å². The molecule has 5 nitrogen and oxygen atoms in total. The summed E-state index contributed by atoms with van der Waals surface area (Å²) in [5.41, 5.74) is 4.36. The minimum atomic E-state index is -0.218. The Bertz CT molecular complexity index is 799. The van der Waals surface area contributed by atoms with Crippen LogP contribution in [0.25, 0.3) is 0 Å². The third-order valence-corrected chi connectivity index (χ3v) is 6.88. The van der Waals surface area contributed by atoms with Crippen molar-refractivity contribution in [1.82, 2.24) is 0 Å². The maximum absolute atomic E-state index is 11.1. The Kier molecular flexibility index (Phi) is 9.39. The van der Waals surface area contributed by atoms with Gasteiger partial charge in [-0.25, -0.2) is 0 Å². The van der Waals surface area contributed by atoms with Gasteiger partial charge in [0.2, 0.25) is 5.70 Å². The summed E-state index contributed by atoms with van der Waals surface area (Å²) in [6, 6.07) is 0. The second-order valence-corrected chi connectivity index (χ2v) is 9.45. The van der Waals surface area contributed by atoms with Crippen molar-refractivity contribution in [3.05, 3.63) is 44.1 Å². The number of hydrogen-bond acceptors (Lipinski definition) is 4. The molecule has 1 aliphatic rings. The summed E-state index contributed by atoms with van der Waals surface area (Å²) in [6.07, 6.45) is 13.7. The van der Waals surface area contributed by atoms with Crippen LogP contribution < -0.4 is 4.74 Å². The van der Waals surface area contributed by atoms with Crippen LogP contribution >= 0.6 is 0 Å². The van der Waals surface area contributed by atoms with Crippen LogP contribution in [0, 0.1) is 30.9 Å². The number of nitro groups is 1. The fraction of sp³-hybridized carbons (Fsp3) is 0.692. The molecule has 1 aromatic rings. The van der Waals surface area contributed by atoms with Gasteiger partial charge in [-0.05, 0) is 89.0 Å². The first-order valence-corrected chi connectivity index (χ1v) is 12.0. The van der Waals surface area contributed by atoms with Gasteiger partial charge in [-0.1, -0.05) is 39.0 Å². The molecule has 31 heavy (non-hydrogen) atoms. The van der Waals surface area contributed by atoms with E-state index in [-0.39, 0.29) is 10.5 Å². The Morgan fingerprint density at radius 2 is 1.74 bits per heavy atom. The van der Waals surface area contributed by atoms with E-state index in [0.717, 1.165) is 80.2 Å². The predicted octanol–water partition coefficient (Wildman–Crippen LogP) is 7.48. The van der Waals surface area contributed by atoms with Gasteiger partial charge in [-0.15, -0.1) is 0 Å². The Labute approximate surface area is 188 Å². The van der Waals surface area contributed by atoms with E-state index in [4.69, 9.17) is 4.74 Å². The first-order valence-electron chi connectivity index (χ1n) is 12.0. The Balaban J connectivity index is 1.72. The van der Waals surface area contributed by atoms with Crippen LogP contribution in [-0.4, -0.2) is 15.6 Å². The van der Waals surface area contributed by atoms with Gasteiger partial charge in [0.05, 0.1) is 4.92 Å². The molecule has 1 unspecified atom stereocenters. The van der Waals surface area contributed by atoms with E-state index in [9.17, 15) is 15.2 Å². The molecular weight excluding hydrogens is 390 g/mol. The molecule has 1 N–H and O–H groups in total. The molecule has 1 aliphatic heterocycles. The maximum atomic E-state index is 11.1. The van der Waals surface area contributed by atoms with Gasteiger partial charge in [0, 0.05) is 12.0 Å². The van der Waals surface area contributed by atoms with Crippen molar-refractivity contribution in [2.75, 3.05) is 0 Å². The maximum Gasteiger partial charge on any atom is 0.242 e. The van der Waals surface area contributed by atoms with Gasteiger partial charge in [-0.3, -0.25) is 10.1 Å². The topological polar surface area (TPSA) is 72.6 Å². The second-order valence-electron chi connectivity index (χ2n) is 9.45. The standard InChI is InChI=1S/C26H41NO4/c1-6-7-14-22(27(29)30)15-12-10-8-9-11-13-17-26(5)18-16-23-21(4)24(28)19(2)20(3)25(23)31-26/h14,28H,6-13,15-18H2,1-5H3/b22-14-. The molecule has 0 saturated heterocycles. The predicted molar refractivity (Wildman–Crippen MR) is 127 cm³/mol. The zero-order valence-electron chi connectivity index (χ0n) is 20.2. The van der Waals surface area contributed by atoms with Gasteiger partial charge >= 0.3 is 0 Å². The Morgan fingerprint density at radius 1 is 1.10 bits per heavy atom. The molecule has 0 spiro atoms. The third kappa shape index (κ3) is 6.72. The highest BCUT2D eigenvalue weighted by Crippen LogP contribution is 2.44. The molecule has 0 bridgehead atoms. The molecule has 0 aliphatic carbocycles. The van der Waals surface area contributed by atoms with E-state index in [1.54, 1.807) is 6.08 Å². The smallest absolute Gasteiger partial charge is 0.242 e. The van der Waals surface area contributed by atoms with Crippen molar-refractivity contribution < 1.29 is 14.8 Å². The van der Waals surface area contributed by atoms with Crippen molar-refractivity contribution in [3.8, 4) is 11.5 Å². The number of allylic oxidation sites excluding steroid dienone is 2. The number of fused-ring (bicyclic) bond motifs is 1. The number of rotatable bonds is 12. The lowest BCUT2D eigenvalue weighted by Gasteiger charge is -2.38. The number of phenols is 1. The van der Waals surface area contributed by atoms with Gasteiger partial charge in [0.15, 0.2) is 0 Å². The number of ether oxygens (including phenoxy) is 1. The van der Waals surface area contributed by atoms with Crippen molar-refractivity contribution in [2.45, 2.75) is 117 Å². The van der Waals surface area contributed by atoms with E-state index in [0.29, 0.717) is 17.9 Å². The molecule has 0 aromatic heterocycles. The first kappa shape index (κ1) is 25.2. The summed E-state index contributed by atoms with van der Waals surface area (Å²) in [4.78, 5) is 10.8. The summed E-state index contributed by atoms with van der Waals surface area (Å²) in [5, 5.41) is 21.4.